The SMILES string of the molecule is Cc1cc(Oc2ccc(C(N)=O)cc2F)nc(C2CCC2)n1. The lowest BCUT2D eigenvalue weighted by Gasteiger charge is -2.24. The van der Waals surface area contributed by atoms with Crippen molar-refractivity contribution in [3.8, 4) is 11.6 Å². The van der Waals surface area contributed by atoms with Gasteiger partial charge in [-0.15, -0.1) is 0 Å². The van der Waals surface area contributed by atoms with Gasteiger partial charge in [-0.25, -0.2) is 9.37 Å². The summed E-state index contributed by atoms with van der Waals surface area (Å²) < 4.78 is 19.5. The topological polar surface area (TPSA) is 78.1 Å². The van der Waals surface area contributed by atoms with E-state index < -0.39 is 11.7 Å². The number of nitrogens with two attached hydrogens (primary N) is 1. The van der Waals surface area contributed by atoms with Crippen LogP contribution in [0.5, 0.6) is 11.6 Å². The van der Waals surface area contributed by atoms with Crippen LogP contribution in [-0.4, -0.2) is 15.9 Å². The first-order valence-electron chi connectivity index (χ1n) is 7.16. The number of hydrogen-bond donors (Lipinski definition) is 1. The zero-order chi connectivity index (χ0) is 15.7. The summed E-state index contributed by atoms with van der Waals surface area (Å²) in [6.07, 6.45) is 3.33. The fourth-order valence-corrected chi connectivity index (χ4v) is 2.31. The molecule has 2 aromatic rings. The van der Waals surface area contributed by atoms with Gasteiger partial charge in [0.25, 0.3) is 0 Å². The maximum Gasteiger partial charge on any atom is 0.248 e. The van der Waals surface area contributed by atoms with Gasteiger partial charge in [0.15, 0.2) is 11.6 Å². The van der Waals surface area contributed by atoms with Gasteiger partial charge in [0.2, 0.25) is 11.8 Å². The van der Waals surface area contributed by atoms with E-state index in [4.69, 9.17) is 10.5 Å². The van der Waals surface area contributed by atoms with Crippen LogP contribution in [0.2, 0.25) is 0 Å². The third-order valence-corrected chi connectivity index (χ3v) is 3.75. The van der Waals surface area contributed by atoms with Crippen LogP contribution >= 0.6 is 0 Å². The quantitative estimate of drug-likeness (QED) is 0.941. The van der Waals surface area contributed by atoms with Crippen LogP contribution in [0, 0.1) is 12.7 Å². The molecular weight excluding hydrogens is 285 g/mol. The predicted octanol–water partition coefficient (Wildman–Crippen LogP) is 3.08. The van der Waals surface area contributed by atoms with Crippen molar-refractivity contribution < 1.29 is 13.9 Å². The number of hydrogen-bond acceptors (Lipinski definition) is 4. The highest BCUT2D eigenvalue weighted by Crippen LogP contribution is 2.35. The van der Waals surface area contributed by atoms with Gasteiger partial charge in [-0.2, -0.15) is 4.98 Å². The highest BCUT2D eigenvalue weighted by molar-refractivity contribution is 5.92. The minimum atomic E-state index is -0.685. The minimum Gasteiger partial charge on any atom is -0.436 e. The van der Waals surface area contributed by atoms with E-state index in [2.05, 4.69) is 9.97 Å². The number of primary amides is 1. The van der Waals surface area contributed by atoms with Crippen LogP contribution in [-0.2, 0) is 0 Å². The van der Waals surface area contributed by atoms with E-state index in [0.717, 1.165) is 30.4 Å². The number of carbonyl (C=O) groups is 1. The Kier molecular flexibility index (Phi) is 3.75. The van der Waals surface area contributed by atoms with Gasteiger partial charge < -0.3 is 10.5 Å². The number of halogens is 1. The van der Waals surface area contributed by atoms with Crippen molar-refractivity contribution in [2.75, 3.05) is 0 Å². The first-order chi connectivity index (χ1) is 10.5. The highest BCUT2D eigenvalue weighted by Gasteiger charge is 2.23. The van der Waals surface area contributed by atoms with E-state index in [9.17, 15) is 9.18 Å². The van der Waals surface area contributed by atoms with Gasteiger partial charge in [-0.1, -0.05) is 6.42 Å². The molecule has 0 bridgehead atoms. The number of ether oxygens (including phenoxy) is 1. The molecule has 22 heavy (non-hydrogen) atoms. The van der Waals surface area contributed by atoms with Crippen molar-refractivity contribution in [1.29, 1.82) is 0 Å². The fraction of sp³-hybridized carbons (Fsp3) is 0.312. The van der Waals surface area contributed by atoms with E-state index in [-0.39, 0.29) is 11.3 Å². The summed E-state index contributed by atoms with van der Waals surface area (Å²) in [7, 11) is 0. The maximum atomic E-state index is 14.0. The molecule has 1 heterocycles. The molecule has 1 aromatic carbocycles. The molecule has 0 atom stereocenters. The second-order valence-corrected chi connectivity index (χ2v) is 5.45. The Bertz CT molecular complexity index is 729. The zero-order valence-corrected chi connectivity index (χ0v) is 12.2. The molecule has 114 valence electrons. The molecule has 1 saturated carbocycles. The van der Waals surface area contributed by atoms with Gasteiger partial charge in [-0.05, 0) is 38.0 Å². The molecule has 1 aliphatic carbocycles. The van der Waals surface area contributed by atoms with Gasteiger partial charge in [0.1, 0.15) is 5.82 Å². The van der Waals surface area contributed by atoms with Gasteiger partial charge in [0, 0.05) is 23.2 Å². The molecule has 0 radical (unpaired) electrons. The molecule has 1 aliphatic rings. The van der Waals surface area contributed by atoms with Crippen molar-refractivity contribution in [2.45, 2.75) is 32.1 Å². The summed E-state index contributed by atoms with van der Waals surface area (Å²) >= 11 is 0. The average molecular weight is 301 g/mol. The number of carbonyl (C=O) groups excluding carboxylic acids is 1. The predicted molar refractivity (Wildman–Crippen MR) is 78.4 cm³/mol. The van der Waals surface area contributed by atoms with Crippen LogP contribution < -0.4 is 10.5 Å². The van der Waals surface area contributed by atoms with Crippen LogP contribution in [0.25, 0.3) is 0 Å². The summed E-state index contributed by atoms with van der Waals surface area (Å²) in [5.41, 5.74) is 5.99. The van der Waals surface area contributed by atoms with Crippen LogP contribution in [0.1, 0.15) is 47.1 Å². The Labute approximate surface area is 127 Å². The third kappa shape index (κ3) is 2.90. The zero-order valence-electron chi connectivity index (χ0n) is 12.2. The summed E-state index contributed by atoms with van der Waals surface area (Å²) in [5, 5.41) is 0. The molecule has 1 fully saturated rings. The van der Waals surface area contributed by atoms with E-state index in [1.807, 2.05) is 6.92 Å². The fourth-order valence-electron chi connectivity index (χ4n) is 2.31. The Balaban J connectivity index is 1.86. The largest absolute Gasteiger partial charge is 0.436 e. The number of benzene rings is 1. The normalized spacial score (nSPS) is 14.5. The summed E-state index contributed by atoms with van der Waals surface area (Å²) in [5.74, 6) is 0.0795. The van der Waals surface area contributed by atoms with Crippen LogP contribution in [0.4, 0.5) is 4.39 Å². The summed E-state index contributed by atoms with van der Waals surface area (Å²) in [6, 6.07) is 5.50. The van der Waals surface area contributed by atoms with E-state index in [1.165, 1.54) is 18.6 Å². The molecule has 0 aliphatic heterocycles. The molecule has 6 heteroatoms. The molecule has 2 N–H and O–H groups in total. The van der Waals surface area contributed by atoms with Gasteiger partial charge >= 0.3 is 0 Å². The van der Waals surface area contributed by atoms with Crippen molar-refractivity contribution >= 4 is 5.91 Å². The van der Waals surface area contributed by atoms with E-state index in [1.54, 1.807) is 6.07 Å². The molecule has 0 unspecified atom stereocenters. The molecular formula is C16H16FN3O2. The first-order valence-corrected chi connectivity index (χ1v) is 7.16. The van der Waals surface area contributed by atoms with Gasteiger partial charge in [0.05, 0.1) is 0 Å². The number of amides is 1. The third-order valence-electron chi connectivity index (χ3n) is 3.75. The maximum absolute atomic E-state index is 14.0. The first kappa shape index (κ1) is 14.4. The van der Waals surface area contributed by atoms with Crippen molar-refractivity contribution in [1.82, 2.24) is 9.97 Å². The van der Waals surface area contributed by atoms with Crippen LogP contribution in [0.3, 0.4) is 0 Å². The van der Waals surface area contributed by atoms with Crippen molar-refractivity contribution in [2.24, 2.45) is 5.73 Å². The standard InChI is InChI=1S/C16H16FN3O2/c1-9-7-14(20-16(19-9)10-3-2-4-10)22-13-6-5-11(15(18)21)8-12(13)17/h5-8,10H,2-4H2,1H3,(H2,18,21). The Morgan fingerprint density at radius 1 is 1.32 bits per heavy atom. The second-order valence-electron chi connectivity index (χ2n) is 5.45. The van der Waals surface area contributed by atoms with E-state index >= 15 is 0 Å². The van der Waals surface area contributed by atoms with Gasteiger partial charge in [-0.3, -0.25) is 4.79 Å². The number of aromatic nitrogens is 2. The lowest BCUT2D eigenvalue weighted by Crippen LogP contribution is -2.13. The smallest absolute Gasteiger partial charge is 0.248 e. The molecule has 3 rings (SSSR count). The molecule has 0 spiro atoms. The van der Waals surface area contributed by atoms with Crippen LogP contribution in [0.15, 0.2) is 24.3 Å². The molecule has 0 saturated heterocycles. The lowest BCUT2D eigenvalue weighted by molar-refractivity contribution is 0.1000. The molecule has 5 nitrogen and oxygen atoms in total. The number of rotatable bonds is 4. The summed E-state index contributed by atoms with van der Waals surface area (Å²) in [4.78, 5) is 19.8. The lowest BCUT2D eigenvalue weighted by atomic mass is 9.85. The number of nitrogens with zero attached hydrogens (tertiary/aromatic N) is 2. The highest BCUT2D eigenvalue weighted by atomic mass is 19.1. The minimum absolute atomic E-state index is 0.00246. The molecule has 1 amide bonds. The Morgan fingerprint density at radius 3 is 2.68 bits per heavy atom. The Morgan fingerprint density at radius 2 is 2.09 bits per heavy atom. The van der Waals surface area contributed by atoms with Crippen molar-refractivity contribution in [3.05, 3.63) is 47.2 Å². The average Bonchev–Trinajstić information content (AvgIpc) is 2.38. The number of aryl methyl sites for hydroxylation is 1. The monoisotopic (exact) mass is 301 g/mol. The second kappa shape index (κ2) is 5.71. The summed E-state index contributed by atoms with van der Waals surface area (Å²) in [6.45, 7) is 1.85. The van der Waals surface area contributed by atoms with Crippen molar-refractivity contribution in [3.63, 3.8) is 0 Å². The molecule has 1 aromatic heterocycles. The Hall–Kier alpha value is -2.50. The van der Waals surface area contributed by atoms with E-state index in [0.29, 0.717) is 11.8 Å².